The Bertz CT molecular complexity index is 1030. The SMILES string of the molecule is CC(=O)N[C@@H](C)c1ccc(C2CCN(c3ncc(-c4ccccc4)c(C)n3)CC2)cc1. The van der Waals surface area contributed by atoms with Gasteiger partial charge in [-0.1, -0.05) is 54.6 Å². The molecule has 31 heavy (non-hydrogen) atoms. The number of carbonyl (C=O) groups is 1. The Morgan fingerprint density at radius 3 is 2.35 bits per heavy atom. The molecule has 1 fully saturated rings. The van der Waals surface area contributed by atoms with Gasteiger partial charge in [0, 0.05) is 31.8 Å². The lowest BCUT2D eigenvalue weighted by Gasteiger charge is -2.32. The summed E-state index contributed by atoms with van der Waals surface area (Å²) in [5.74, 6) is 1.37. The summed E-state index contributed by atoms with van der Waals surface area (Å²) in [4.78, 5) is 23.1. The van der Waals surface area contributed by atoms with E-state index in [4.69, 9.17) is 4.98 Å². The zero-order chi connectivity index (χ0) is 21.8. The normalized spacial score (nSPS) is 15.5. The lowest BCUT2D eigenvalue weighted by atomic mass is 9.88. The fourth-order valence-corrected chi connectivity index (χ4v) is 4.37. The number of aromatic nitrogens is 2. The monoisotopic (exact) mass is 414 g/mol. The molecule has 0 unspecified atom stereocenters. The van der Waals surface area contributed by atoms with Gasteiger partial charge in [0.15, 0.2) is 0 Å². The van der Waals surface area contributed by atoms with Gasteiger partial charge < -0.3 is 10.2 Å². The number of piperidine rings is 1. The van der Waals surface area contributed by atoms with Crippen LogP contribution in [-0.2, 0) is 4.79 Å². The van der Waals surface area contributed by atoms with E-state index >= 15 is 0 Å². The average Bonchev–Trinajstić information content (AvgIpc) is 2.79. The number of aryl methyl sites for hydroxylation is 1. The quantitative estimate of drug-likeness (QED) is 0.636. The predicted molar refractivity (Wildman–Crippen MR) is 125 cm³/mol. The summed E-state index contributed by atoms with van der Waals surface area (Å²) in [5, 5.41) is 2.94. The molecule has 160 valence electrons. The Morgan fingerprint density at radius 2 is 1.74 bits per heavy atom. The number of hydrogen-bond acceptors (Lipinski definition) is 4. The number of rotatable bonds is 5. The van der Waals surface area contributed by atoms with E-state index in [1.165, 1.54) is 5.56 Å². The van der Waals surface area contributed by atoms with Gasteiger partial charge in [-0.25, -0.2) is 9.97 Å². The zero-order valence-electron chi connectivity index (χ0n) is 18.5. The van der Waals surface area contributed by atoms with E-state index < -0.39 is 0 Å². The summed E-state index contributed by atoms with van der Waals surface area (Å²) in [6.45, 7) is 7.54. The molecule has 0 saturated carbocycles. The van der Waals surface area contributed by atoms with E-state index in [9.17, 15) is 4.79 Å². The molecule has 2 heterocycles. The van der Waals surface area contributed by atoms with Crippen LogP contribution in [0, 0.1) is 6.92 Å². The van der Waals surface area contributed by atoms with Crippen molar-refractivity contribution in [1.29, 1.82) is 0 Å². The lowest BCUT2D eigenvalue weighted by Crippen LogP contribution is -2.34. The van der Waals surface area contributed by atoms with Crippen molar-refractivity contribution >= 4 is 11.9 Å². The van der Waals surface area contributed by atoms with Crippen LogP contribution in [0.5, 0.6) is 0 Å². The molecule has 1 saturated heterocycles. The van der Waals surface area contributed by atoms with Gasteiger partial charge in [0.1, 0.15) is 0 Å². The summed E-state index contributed by atoms with van der Waals surface area (Å²) < 4.78 is 0. The van der Waals surface area contributed by atoms with Gasteiger partial charge in [-0.3, -0.25) is 4.79 Å². The van der Waals surface area contributed by atoms with E-state index in [0.717, 1.165) is 54.3 Å². The van der Waals surface area contributed by atoms with Crippen LogP contribution in [0.1, 0.15) is 55.5 Å². The second-order valence-corrected chi connectivity index (χ2v) is 8.39. The highest BCUT2D eigenvalue weighted by molar-refractivity contribution is 5.73. The molecule has 1 aromatic heterocycles. The second kappa shape index (κ2) is 9.29. The van der Waals surface area contributed by atoms with Crippen LogP contribution < -0.4 is 10.2 Å². The summed E-state index contributed by atoms with van der Waals surface area (Å²) in [7, 11) is 0. The van der Waals surface area contributed by atoms with Gasteiger partial charge in [-0.15, -0.1) is 0 Å². The largest absolute Gasteiger partial charge is 0.350 e. The van der Waals surface area contributed by atoms with Gasteiger partial charge in [0.2, 0.25) is 11.9 Å². The van der Waals surface area contributed by atoms with Gasteiger partial charge in [-0.2, -0.15) is 0 Å². The highest BCUT2D eigenvalue weighted by Crippen LogP contribution is 2.31. The minimum absolute atomic E-state index is 0.00166. The van der Waals surface area contributed by atoms with Gasteiger partial charge in [-0.05, 0) is 49.3 Å². The summed E-state index contributed by atoms with van der Waals surface area (Å²) in [6, 6.07) is 19.0. The molecule has 5 heteroatoms. The molecule has 1 aliphatic rings. The van der Waals surface area contributed by atoms with E-state index in [0.29, 0.717) is 5.92 Å². The molecule has 3 aromatic rings. The molecule has 1 amide bonds. The molecule has 4 rings (SSSR count). The van der Waals surface area contributed by atoms with E-state index in [1.54, 1.807) is 6.92 Å². The maximum atomic E-state index is 11.3. The summed E-state index contributed by atoms with van der Waals surface area (Å²) >= 11 is 0. The molecule has 0 aliphatic carbocycles. The Labute approximate surface area is 184 Å². The Morgan fingerprint density at radius 1 is 1.06 bits per heavy atom. The Kier molecular flexibility index (Phi) is 6.31. The maximum Gasteiger partial charge on any atom is 0.225 e. The number of hydrogen-bond donors (Lipinski definition) is 1. The number of nitrogens with zero attached hydrogens (tertiary/aromatic N) is 3. The second-order valence-electron chi connectivity index (χ2n) is 8.39. The number of amides is 1. The van der Waals surface area contributed by atoms with Crippen molar-refractivity contribution in [3.63, 3.8) is 0 Å². The van der Waals surface area contributed by atoms with Crippen molar-refractivity contribution in [3.8, 4) is 11.1 Å². The van der Waals surface area contributed by atoms with Crippen molar-refractivity contribution in [3.05, 3.63) is 77.6 Å². The molecule has 0 radical (unpaired) electrons. The number of carbonyl (C=O) groups excluding carboxylic acids is 1. The van der Waals surface area contributed by atoms with Crippen LogP contribution in [0.4, 0.5) is 5.95 Å². The summed E-state index contributed by atoms with van der Waals surface area (Å²) in [5.41, 5.74) is 5.77. The molecular weight excluding hydrogens is 384 g/mol. The van der Waals surface area contributed by atoms with Gasteiger partial charge in [0.25, 0.3) is 0 Å². The first-order valence-corrected chi connectivity index (χ1v) is 11.0. The highest BCUT2D eigenvalue weighted by Gasteiger charge is 2.23. The molecule has 1 N–H and O–H groups in total. The van der Waals surface area contributed by atoms with Gasteiger partial charge >= 0.3 is 0 Å². The third-order valence-corrected chi connectivity index (χ3v) is 6.16. The van der Waals surface area contributed by atoms with Gasteiger partial charge in [0.05, 0.1) is 11.7 Å². The molecule has 0 bridgehead atoms. The number of nitrogens with one attached hydrogen (secondary N) is 1. The zero-order valence-corrected chi connectivity index (χ0v) is 18.5. The van der Waals surface area contributed by atoms with Crippen molar-refractivity contribution in [2.75, 3.05) is 18.0 Å². The fourth-order valence-electron chi connectivity index (χ4n) is 4.37. The topological polar surface area (TPSA) is 58.1 Å². The summed E-state index contributed by atoms with van der Waals surface area (Å²) in [6.07, 6.45) is 4.13. The Balaban J connectivity index is 1.39. The minimum atomic E-state index is -0.00166. The molecule has 2 aromatic carbocycles. The number of benzene rings is 2. The predicted octanol–water partition coefficient (Wildman–Crippen LogP) is 5.03. The van der Waals surface area contributed by atoms with E-state index in [2.05, 4.69) is 58.5 Å². The van der Waals surface area contributed by atoms with Crippen LogP contribution in [0.3, 0.4) is 0 Å². The first-order valence-electron chi connectivity index (χ1n) is 11.0. The third kappa shape index (κ3) is 4.93. The molecule has 1 atom stereocenters. The lowest BCUT2D eigenvalue weighted by molar-refractivity contribution is -0.119. The van der Waals surface area contributed by atoms with Crippen molar-refractivity contribution in [2.45, 2.75) is 45.6 Å². The van der Waals surface area contributed by atoms with Crippen LogP contribution >= 0.6 is 0 Å². The molecule has 5 nitrogen and oxygen atoms in total. The van der Waals surface area contributed by atoms with E-state index in [-0.39, 0.29) is 11.9 Å². The molecule has 0 spiro atoms. The number of anilines is 1. The first kappa shape index (κ1) is 21.0. The van der Waals surface area contributed by atoms with E-state index in [1.807, 2.05) is 31.3 Å². The smallest absolute Gasteiger partial charge is 0.225 e. The molecule has 1 aliphatic heterocycles. The fraction of sp³-hybridized carbons (Fsp3) is 0.346. The van der Waals surface area contributed by atoms with Crippen LogP contribution in [0.15, 0.2) is 60.8 Å². The Hall–Kier alpha value is -3.21. The molecular formula is C26H30N4O. The maximum absolute atomic E-state index is 11.3. The van der Waals surface area contributed by atoms with Crippen molar-refractivity contribution < 1.29 is 4.79 Å². The van der Waals surface area contributed by atoms with Crippen LogP contribution in [-0.4, -0.2) is 29.0 Å². The standard InChI is InChI=1S/C26H30N4O/c1-18(28-20(3)31)21-9-11-22(12-10-21)23-13-15-30(16-14-23)26-27-17-25(19(2)29-26)24-7-5-4-6-8-24/h4-12,17-18,23H,13-16H2,1-3H3,(H,28,31)/t18-/m0/s1. The van der Waals surface area contributed by atoms with Crippen LogP contribution in [0.25, 0.3) is 11.1 Å². The average molecular weight is 415 g/mol. The van der Waals surface area contributed by atoms with Crippen molar-refractivity contribution in [1.82, 2.24) is 15.3 Å². The third-order valence-electron chi connectivity index (χ3n) is 6.16. The first-order chi connectivity index (χ1) is 15.0. The minimum Gasteiger partial charge on any atom is -0.350 e. The highest BCUT2D eigenvalue weighted by atomic mass is 16.1. The van der Waals surface area contributed by atoms with Crippen LogP contribution in [0.2, 0.25) is 0 Å². The van der Waals surface area contributed by atoms with Crippen molar-refractivity contribution in [2.24, 2.45) is 0 Å².